The summed E-state index contributed by atoms with van der Waals surface area (Å²) in [5, 5.41) is 2.97. The summed E-state index contributed by atoms with van der Waals surface area (Å²) in [5.74, 6) is 1.00. The number of carbonyl (C=O) groups excluding carboxylic acids is 1. The van der Waals surface area contributed by atoms with E-state index in [0.29, 0.717) is 35.7 Å². The topological polar surface area (TPSA) is 84.9 Å². The second-order valence-electron chi connectivity index (χ2n) is 6.74. The zero-order valence-corrected chi connectivity index (χ0v) is 17.2. The van der Waals surface area contributed by atoms with E-state index in [9.17, 15) is 13.2 Å². The highest BCUT2D eigenvalue weighted by molar-refractivity contribution is 7.92. The molecule has 0 saturated heterocycles. The first kappa shape index (κ1) is 20.0. The van der Waals surface area contributed by atoms with Gasteiger partial charge in [0.05, 0.1) is 32.2 Å². The minimum atomic E-state index is -3.31. The van der Waals surface area contributed by atoms with Crippen LogP contribution in [0.15, 0.2) is 36.4 Å². The maximum Gasteiger partial charge on any atom is 0.251 e. The largest absolute Gasteiger partial charge is 0.493 e. The molecule has 1 aliphatic heterocycles. The molecule has 0 saturated carbocycles. The average molecular weight is 404 g/mol. The van der Waals surface area contributed by atoms with E-state index < -0.39 is 10.0 Å². The van der Waals surface area contributed by atoms with Crippen molar-refractivity contribution >= 4 is 21.6 Å². The van der Waals surface area contributed by atoms with Crippen LogP contribution >= 0.6 is 0 Å². The lowest BCUT2D eigenvalue weighted by Gasteiger charge is -2.18. The average Bonchev–Trinajstić information content (AvgIpc) is 3.10. The molecule has 0 aromatic heterocycles. The summed E-state index contributed by atoms with van der Waals surface area (Å²) < 4.78 is 35.6. The fraction of sp³-hybridized carbons (Fsp3) is 0.350. The van der Waals surface area contributed by atoms with Crippen molar-refractivity contribution in [3.8, 4) is 11.5 Å². The lowest BCUT2D eigenvalue weighted by atomic mass is 10.1. The summed E-state index contributed by atoms with van der Waals surface area (Å²) in [5.41, 5.74) is 2.89. The molecule has 150 valence electrons. The molecule has 0 spiro atoms. The number of ether oxygens (including phenoxy) is 2. The maximum absolute atomic E-state index is 12.7. The van der Waals surface area contributed by atoms with Crippen molar-refractivity contribution in [2.24, 2.45) is 0 Å². The first-order valence-electron chi connectivity index (χ1n) is 8.88. The molecule has 0 fully saturated rings. The van der Waals surface area contributed by atoms with E-state index in [0.717, 1.165) is 11.1 Å². The number of carbonyl (C=O) groups is 1. The van der Waals surface area contributed by atoms with Gasteiger partial charge in [-0.05, 0) is 54.8 Å². The van der Waals surface area contributed by atoms with E-state index in [1.807, 2.05) is 19.1 Å². The van der Waals surface area contributed by atoms with Crippen LogP contribution in [0.2, 0.25) is 0 Å². The molecule has 7 nitrogen and oxygen atoms in total. The second kappa shape index (κ2) is 7.71. The third-order valence-corrected chi connectivity index (χ3v) is 6.03. The number of fused-ring (bicyclic) bond motifs is 1. The molecule has 3 rings (SSSR count). The van der Waals surface area contributed by atoms with Gasteiger partial charge in [0.25, 0.3) is 5.91 Å². The molecule has 1 unspecified atom stereocenters. The van der Waals surface area contributed by atoms with Crippen molar-refractivity contribution < 1.29 is 22.7 Å². The monoisotopic (exact) mass is 404 g/mol. The molecule has 2 aromatic carbocycles. The third kappa shape index (κ3) is 3.91. The van der Waals surface area contributed by atoms with Gasteiger partial charge in [-0.3, -0.25) is 9.10 Å². The summed E-state index contributed by atoms with van der Waals surface area (Å²) in [6.07, 6.45) is 1.78. The number of hydrogen-bond donors (Lipinski definition) is 1. The summed E-state index contributed by atoms with van der Waals surface area (Å²) in [4.78, 5) is 12.7. The van der Waals surface area contributed by atoms with E-state index in [2.05, 4.69) is 5.32 Å². The number of benzene rings is 2. The van der Waals surface area contributed by atoms with Gasteiger partial charge >= 0.3 is 0 Å². The number of nitrogens with one attached hydrogen (secondary N) is 1. The molecule has 1 amide bonds. The lowest BCUT2D eigenvalue weighted by molar-refractivity contribution is 0.0939. The number of rotatable bonds is 6. The van der Waals surface area contributed by atoms with Gasteiger partial charge in [-0.15, -0.1) is 0 Å². The van der Waals surface area contributed by atoms with Gasteiger partial charge in [0.1, 0.15) is 0 Å². The molecule has 0 radical (unpaired) electrons. The number of methoxy groups -OCH3 is 2. The molecule has 1 N–H and O–H groups in total. The summed E-state index contributed by atoms with van der Waals surface area (Å²) in [6.45, 7) is 2.29. The predicted molar refractivity (Wildman–Crippen MR) is 108 cm³/mol. The van der Waals surface area contributed by atoms with Crippen molar-refractivity contribution in [3.05, 3.63) is 53.1 Å². The van der Waals surface area contributed by atoms with Crippen LogP contribution in [0.3, 0.4) is 0 Å². The van der Waals surface area contributed by atoms with Crippen LogP contribution in [-0.4, -0.2) is 41.3 Å². The van der Waals surface area contributed by atoms with Gasteiger partial charge in [-0.1, -0.05) is 6.07 Å². The van der Waals surface area contributed by atoms with Crippen LogP contribution in [-0.2, 0) is 16.4 Å². The van der Waals surface area contributed by atoms with E-state index in [4.69, 9.17) is 9.47 Å². The Balaban J connectivity index is 1.77. The Morgan fingerprint density at radius 2 is 1.82 bits per heavy atom. The van der Waals surface area contributed by atoms with Crippen LogP contribution < -0.4 is 19.1 Å². The van der Waals surface area contributed by atoms with Crippen molar-refractivity contribution in [3.63, 3.8) is 0 Å². The molecule has 1 heterocycles. The Morgan fingerprint density at radius 1 is 1.11 bits per heavy atom. The quantitative estimate of drug-likeness (QED) is 0.800. The number of nitrogens with zero attached hydrogens (tertiary/aromatic N) is 1. The highest BCUT2D eigenvalue weighted by atomic mass is 32.2. The minimum absolute atomic E-state index is 0.220. The first-order valence-corrected chi connectivity index (χ1v) is 10.7. The van der Waals surface area contributed by atoms with Crippen LogP contribution in [0.25, 0.3) is 0 Å². The predicted octanol–water partition coefficient (Wildman–Crippen LogP) is 2.52. The lowest BCUT2D eigenvalue weighted by Crippen LogP contribution is -2.28. The molecule has 28 heavy (non-hydrogen) atoms. The SMILES string of the molecule is COc1ccc(C(C)NC(=O)c2ccc3c(c2)CCN3S(C)(=O)=O)cc1OC. The zero-order valence-electron chi connectivity index (χ0n) is 16.4. The van der Waals surface area contributed by atoms with Crippen LogP contribution in [0.4, 0.5) is 5.69 Å². The van der Waals surface area contributed by atoms with Crippen LogP contribution in [0, 0.1) is 0 Å². The van der Waals surface area contributed by atoms with Crippen molar-refractivity contribution in [1.82, 2.24) is 5.32 Å². The van der Waals surface area contributed by atoms with Gasteiger partial charge in [0.2, 0.25) is 10.0 Å². The van der Waals surface area contributed by atoms with Gasteiger partial charge < -0.3 is 14.8 Å². The van der Waals surface area contributed by atoms with E-state index in [1.165, 1.54) is 10.6 Å². The number of sulfonamides is 1. The van der Waals surface area contributed by atoms with Gasteiger partial charge in [0, 0.05) is 12.1 Å². The zero-order chi connectivity index (χ0) is 20.5. The van der Waals surface area contributed by atoms with Crippen molar-refractivity contribution in [2.45, 2.75) is 19.4 Å². The van der Waals surface area contributed by atoms with Crippen LogP contribution in [0.1, 0.15) is 34.5 Å². The molecule has 8 heteroatoms. The summed E-state index contributed by atoms with van der Waals surface area (Å²) in [6, 6.07) is 10.4. The standard InChI is InChI=1S/C20H24N2O5S/c1-13(14-6-8-18(26-2)19(12-14)27-3)21-20(23)16-5-7-17-15(11-16)9-10-22(17)28(4,24)25/h5-8,11-13H,9-10H2,1-4H3,(H,21,23). The second-order valence-corrected chi connectivity index (χ2v) is 8.65. The normalized spacial score (nSPS) is 14.4. The fourth-order valence-electron chi connectivity index (χ4n) is 3.34. The first-order chi connectivity index (χ1) is 13.2. The number of amides is 1. The summed E-state index contributed by atoms with van der Waals surface area (Å²) >= 11 is 0. The molecule has 1 atom stereocenters. The molecule has 0 bridgehead atoms. The van der Waals surface area contributed by atoms with Crippen LogP contribution in [0.5, 0.6) is 11.5 Å². The molecule has 1 aliphatic rings. The number of anilines is 1. The Labute approximate surface area is 165 Å². The molecular formula is C20H24N2O5S. The number of hydrogen-bond acceptors (Lipinski definition) is 5. The highest BCUT2D eigenvalue weighted by Gasteiger charge is 2.27. The van der Waals surface area contributed by atoms with E-state index in [-0.39, 0.29) is 11.9 Å². The molecular weight excluding hydrogens is 380 g/mol. The van der Waals surface area contributed by atoms with Gasteiger partial charge in [-0.25, -0.2) is 8.42 Å². The minimum Gasteiger partial charge on any atom is -0.493 e. The van der Waals surface area contributed by atoms with Crippen molar-refractivity contribution in [2.75, 3.05) is 31.3 Å². The third-order valence-electron chi connectivity index (χ3n) is 4.85. The Morgan fingerprint density at radius 3 is 2.46 bits per heavy atom. The Kier molecular flexibility index (Phi) is 5.51. The van der Waals surface area contributed by atoms with Crippen molar-refractivity contribution in [1.29, 1.82) is 0 Å². The highest BCUT2D eigenvalue weighted by Crippen LogP contribution is 2.32. The molecule has 2 aromatic rings. The molecule has 0 aliphatic carbocycles. The van der Waals surface area contributed by atoms with E-state index >= 15 is 0 Å². The smallest absolute Gasteiger partial charge is 0.251 e. The summed E-state index contributed by atoms with van der Waals surface area (Å²) in [7, 11) is -0.170. The Bertz CT molecular complexity index is 1000. The van der Waals surface area contributed by atoms with E-state index in [1.54, 1.807) is 38.5 Å². The maximum atomic E-state index is 12.7. The van der Waals surface area contributed by atoms with Gasteiger partial charge in [-0.2, -0.15) is 0 Å². The van der Waals surface area contributed by atoms with Gasteiger partial charge in [0.15, 0.2) is 11.5 Å². The fourth-order valence-corrected chi connectivity index (χ4v) is 4.30. The Hall–Kier alpha value is -2.74.